The van der Waals surface area contributed by atoms with Crippen LogP contribution in [0.2, 0.25) is 0 Å². The van der Waals surface area contributed by atoms with Crippen LogP contribution in [0.4, 0.5) is 0 Å². The first-order valence-corrected chi connectivity index (χ1v) is 6.40. The van der Waals surface area contributed by atoms with Gasteiger partial charge in [-0.25, -0.2) is 0 Å². The summed E-state index contributed by atoms with van der Waals surface area (Å²) in [6.45, 7) is 6.61. The zero-order valence-corrected chi connectivity index (χ0v) is 10.3. The van der Waals surface area contributed by atoms with E-state index in [1.807, 2.05) is 0 Å². The summed E-state index contributed by atoms with van der Waals surface area (Å²) in [5.74, 6) is 0.497. The summed E-state index contributed by atoms with van der Waals surface area (Å²) in [5.41, 5.74) is 0. The largest absolute Gasteiger partial charge is 0.393 e. The molecule has 0 aliphatic carbocycles. The van der Waals surface area contributed by atoms with E-state index in [-0.39, 0.29) is 6.10 Å². The maximum Gasteiger partial charge on any atom is 0.0565 e. The monoisotopic (exact) mass is 200 g/mol. The molecule has 0 aromatic carbocycles. The lowest BCUT2D eigenvalue weighted by Crippen LogP contribution is -2.17. The van der Waals surface area contributed by atoms with Crippen LogP contribution in [0, 0.1) is 5.92 Å². The van der Waals surface area contributed by atoms with Crippen LogP contribution in [0.25, 0.3) is 0 Å². The molecule has 2 atom stereocenters. The third kappa shape index (κ3) is 7.37. The number of hydrogen-bond acceptors (Lipinski definition) is 1. The van der Waals surface area contributed by atoms with Crippen molar-refractivity contribution in [2.24, 2.45) is 5.92 Å². The lowest BCUT2D eigenvalue weighted by Gasteiger charge is -2.18. The SMILES string of the molecule is CCCCCCC(O)C(C)CCCC. The average Bonchev–Trinajstić information content (AvgIpc) is 2.20. The van der Waals surface area contributed by atoms with Crippen LogP contribution in [-0.4, -0.2) is 11.2 Å². The third-order valence-electron chi connectivity index (χ3n) is 3.02. The molecule has 0 rings (SSSR count). The Bertz CT molecular complexity index is 112. The fraction of sp³-hybridized carbons (Fsp3) is 1.00. The van der Waals surface area contributed by atoms with Crippen molar-refractivity contribution in [2.45, 2.75) is 78.2 Å². The molecule has 0 fully saturated rings. The van der Waals surface area contributed by atoms with Gasteiger partial charge in [0.15, 0.2) is 0 Å². The molecule has 86 valence electrons. The van der Waals surface area contributed by atoms with Crippen molar-refractivity contribution < 1.29 is 5.11 Å². The lowest BCUT2D eigenvalue weighted by molar-refractivity contribution is 0.0988. The second-order valence-corrected chi connectivity index (χ2v) is 4.54. The quantitative estimate of drug-likeness (QED) is 0.554. The number of aliphatic hydroxyl groups is 1. The molecule has 0 aromatic heterocycles. The molecular formula is C13H28O. The van der Waals surface area contributed by atoms with Crippen LogP contribution in [0.5, 0.6) is 0 Å². The second-order valence-electron chi connectivity index (χ2n) is 4.54. The van der Waals surface area contributed by atoms with Gasteiger partial charge in [0, 0.05) is 0 Å². The number of rotatable bonds is 9. The van der Waals surface area contributed by atoms with Crippen LogP contribution in [0.1, 0.15) is 72.1 Å². The molecule has 0 saturated heterocycles. The van der Waals surface area contributed by atoms with Crippen LogP contribution >= 0.6 is 0 Å². The van der Waals surface area contributed by atoms with E-state index in [2.05, 4.69) is 20.8 Å². The maximum atomic E-state index is 9.84. The van der Waals surface area contributed by atoms with Gasteiger partial charge in [0.2, 0.25) is 0 Å². The summed E-state index contributed by atoms with van der Waals surface area (Å²) >= 11 is 0. The first kappa shape index (κ1) is 14.0. The molecule has 0 heterocycles. The zero-order chi connectivity index (χ0) is 10.8. The summed E-state index contributed by atoms with van der Waals surface area (Å²) in [5, 5.41) is 9.84. The molecule has 0 aromatic rings. The van der Waals surface area contributed by atoms with E-state index in [4.69, 9.17) is 0 Å². The van der Waals surface area contributed by atoms with E-state index >= 15 is 0 Å². The molecule has 14 heavy (non-hydrogen) atoms. The van der Waals surface area contributed by atoms with E-state index in [1.54, 1.807) is 0 Å². The molecule has 0 spiro atoms. The van der Waals surface area contributed by atoms with Crippen LogP contribution in [0.3, 0.4) is 0 Å². The molecule has 0 aliphatic rings. The fourth-order valence-corrected chi connectivity index (χ4v) is 1.78. The normalized spacial score (nSPS) is 15.4. The second kappa shape index (κ2) is 9.51. The van der Waals surface area contributed by atoms with Gasteiger partial charge in [0.1, 0.15) is 0 Å². The van der Waals surface area contributed by atoms with Gasteiger partial charge in [-0.1, -0.05) is 59.3 Å². The highest BCUT2D eigenvalue weighted by Crippen LogP contribution is 2.17. The van der Waals surface area contributed by atoms with Gasteiger partial charge in [-0.05, 0) is 18.8 Å². The Labute approximate surface area is 89.9 Å². The number of aliphatic hydroxyl groups excluding tert-OH is 1. The summed E-state index contributed by atoms with van der Waals surface area (Å²) in [4.78, 5) is 0. The Morgan fingerprint density at radius 1 is 0.857 bits per heavy atom. The van der Waals surface area contributed by atoms with E-state index in [0.717, 1.165) is 6.42 Å². The molecule has 1 nitrogen and oxygen atoms in total. The van der Waals surface area contributed by atoms with Gasteiger partial charge in [-0.2, -0.15) is 0 Å². The van der Waals surface area contributed by atoms with Gasteiger partial charge in [0.25, 0.3) is 0 Å². The third-order valence-corrected chi connectivity index (χ3v) is 3.02. The summed E-state index contributed by atoms with van der Waals surface area (Å²) < 4.78 is 0. The minimum atomic E-state index is -0.0570. The fourth-order valence-electron chi connectivity index (χ4n) is 1.78. The van der Waals surface area contributed by atoms with Gasteiger partial charge in [0.05, 0.1) is 6.10 Å². The van der Waals surface area contributed by atoms with Crippen molar-refractivity contribution in [1.29, 1.82) is 0 Å². The molecular weight excluding hydrogens is 172 g/mol. The summed E-state index contributed by atoms with van der Waals surface area (Å²) in [6, 6.07) is 0. The number of hydrogen-bond donors (Lipinski definition) is 1. The molecule has 1 heteroatoms. The Balaban J connectivity index is 3.36. The minimum absolute atomic E-state index is 0.0570. The highest BCUT2D eigenvalue weighted by atomic mass is 16.3. The predicted molar refractivity (Wildman–Crippen MR) is 63.5 cm³/mol. The molecule has 0 bridgehead atoms. The molecule has 1 N–H and O–H groups in total. The van der Waals surface area contributed by atoms with Crippen LogP contribution in [0.15, 0.2) is 0 Å². The Kier molecular flexibility index (Phi) is 9.49. The minimum Gasteiger partial charge on any atom is -0.393 e. The van der Waals surface area contributed by atoms with Gasteiger partial charge in [-0.3, -0.25) is 0 Å². The Morgan fingerprint density at radius 3 is 2.07 bits per heavy atom. The smallest absolute Gasteiger partial charge is 0.0565 e. The molecule has 0 amide bonds. The first-order chi connectivity index (χ1) is 6.72. The van der Waals surface area contributed by atoms with Crippen LogP contribution in [-0.2, 0) is 0 Å². The van der Waals surface area contributed by atoms with Gasteiger partial charge >= 0.3 is 0 Å². The molecule has 0 aliphatic heterocycles. The highest BCUT2D eigenvalue weighted by molar-refractivity contribution is 4.64. The molecule has 0 saturated carbocycles. The Hall–Kier alpha value is -0.0400. The van der Waals surface area contributed by atoms with E-state index in [0.29, 0.717) is 5.92 Å². The van der Waals surface area contributed by atoms with E-state index in [9.17, 15) is 5.11 Å². The summed E-state index contributed by atoms with van der Waals surface area (Å²) in [7, 11) is 0. The van der Waals surface area contributed by atoms with Crippen molar-refractivity contribution in [3.8, 4) is 0 Å². The van der Waals surface area contributed by atoms with E-state index < -0.39 is 0 Å². The van der Waals surface area contributed by atoms with Crippen molar-refractivity contribution in [1.82, 2.24) is 0 Å². The Morgan fingerprint density at radius 2 is 1.50 bits per heavy atom. The van der Waals surface area contributed by atoms with Crippen LogP contribution < -0.4 is 0 Å². The standard InChI is InChI=1S/C13H28O/c1-4-6-8-9-11-13(14)12(3)10-7-5-2/h12-14H,4-11H2,1-3H3. The van der Waals surface area contributed by atoms with Gasteiger partial charge in [-0.15, -0.1) is 0 Å². The van der Waals surface area contributed by atoms with Gasteiger partial charge < -0.3 is 5.11 Å². The number of unbranched alkanes of at least 4 members (excludes halogenated alkanes) is 4. The first-order valence-electron chi connectivity index (χ1n) is 6.40. The lowest BCUT2D eigenvalue weighted by atomic mass is 9.94. The highest BCUT2D eigenvalue weighted by Gasteiger charge is 2.12. The maximum absolute atomic E-state index is 9.84. The van der Waals surface area contributed by atoms with Crippen molar-refractivity contribution >= 4 is 0 Å². The average molecular weight is 200 g/mol. The molecule has 2 unspecified atom stereocenters. The van der Waals surface area contributed by atoms with E-state index in [1.165, 1.54) is 44.9 Å². The van der Waals surface area contributed by atoms with Crippen molar-refractivity contribution in [3.05, 3.63) is 0 Å². The molecule has 0 radical (unpaired) electrons. The zero-order valence-electron chi connectivity index (χ0n) is 10.3. The predicted octanol–water partition coefficient (Wildman–Crippen LogP) is 4.14. The van der Waals surface area contributed by atoms with Crippen molar-refractivity contribution in [2.75, 3.05) is 0 Å². The summed E-state index contributed by atoms with van der Waals surface area (Å²) in [6.07, 6.45) is 9.71. The topological polar surface area (TPSA) is 20.2 Å². The van der Waals surface area contributed by atoms with Crippen molar-refractivity contribution in [3.63, 3.8) is 0 Å².